The maximum absolute atomic E-state index is 13.5. The molecule has 22 nitrogen and oxygen atoms in total. The number of ketones is 1. The molecule has 1 N–H and O–H groups in total. The Hall–Kier alpha value is -9.55. The number of sulfone groups is 1. The van der Waals surface area contributed by atoms with Crippen molar-refractivity contribution in [2.24, 2.45) is 22.8 Å². The molecule has 0 spiro atoms. The van der Waals surface area contributed by atoms with Crippen LogP contribution in [-0.2, 0) is 86.7 Å². The number of esters is 3. The molecule has 98 heavy (non-hydrogen) atoms. The Morgan fingerprint density at radius 3 is 1.91 bits per heavy atom. The van der Waals surface area contributed by atoms with Gasteiger partial charge < -0.3 is 43.2 Å². The van der Waals surface area contributed by atoms with Crippen molar-refractivity contribution < 1.29 is 70.8 Å². The lowest BCUT2D eigenvalue weighted by Gasteiger charge is -2.27. The summed E-state index contributed by atoms with van der Waals surface area (Å²) in [5.41, 5.74) is 7.12. The van der Waals surface area contributed by atoms with Crippen LogP contribution in [0.4, 0.5) is 0 Å². The van der Waals surface area contributed by atoms with E-state index in [1.807, 2.05) is 81.4 Å². The highest BCUT2D eigenvalue weighted by molar-refractivity contribution is 7.90. The largest absolute Gasteiger partial charge is 0.493 e. The number of carbonyl (C=O) groups excluding carboxylic acids is 4. The van der Waals surface area contributed by atoms with E-state index in [1.54, 1.807) is 72.6 Å². The second kappa shape index (κ2) is 32.7. The molecule has 3 aliphatic heterocycles. The molecule has 8 aromatic rings. The molecule has 0 amide bonds. The number of ether oxygens (including phenoxy) is 6. The normalized spacial score (nSPS) is 14.1. The number of hydrogen-bond acceptors (Lipinski definition) is 19. The number of aromatic hydroxyl groups is 1. The van der Waals surface area contributed by atoms with Crippen molar-refractivity contribution in [2.45, 2.75) is 118 Å². The number of oxime groups is 2. The summed E-state index contributed by atoms with van der Waals surface area (Å²) >= 11 is 11.9. The third kappa shape index (κ3) is 17.4. The molecular weight excluding hydrogens is 1320 g/mol. The van der Waals surface area contributed by atoms with Crippen LogP contribution in [0.3, 0.4) is 0 Å². The summed E-state index contributed by atoms with van der Waals surface area (Å²) in [6, 6.07) is 38.5. The number of benzene rings is 6. The van der Waals surface area contributed by atoms with Crippen LogP contribution in [0.1, 0.15) is 116 Å². The summed E-state index contributed by atoms with van der Waals surface area (Å²) in [6.45, 7) is 19.3. The van der Waals surface area contributed by atoms with Gasteiger partial charge in [0.2, 0.25) is 11.8 Å². The van der Waals surface area contributed by atoms with Gasteiger partial charge in [0, 0.05) is 47.0 Å². The SMILES string of the molecule is CCOC(=O)C1=NOC(c2ccccc2)(c2ccccc2)C1.CCc1cc(C)cc(CC)c1-c1c(OC(=O)C(C)(C)C)n2n(c1=O)CCOCC2.COC(=O)C(C)Oc1ccc(Oc2ccc(Cl)cc2Cl)cc1.Cc1c(C(=O)c2cnn(C)c2O)ccc(S(C)(=O)=O)c1C1=NOCC1. The van der Waals surface area contributed by atoms with Gasteiger partial charge in [-0.05, 0) is 138 Å². The molecule has 518 valence electrons. The van der Waals surface area contributed by atoms with E-state index in [1.165, 1.54) is 42.7 Å². The van der Waals surface area contributed by atoms with Gasteiger partial charge in [-0.15, -0.1) is 0 Å². The van der Waals surface area contributed by atoms with Gasteiger partial charge in [0.15, 0.2) is 33.0 Å². The molecule has 25 heteroatoms. The first kappa shape index (κ1) is 74.2. The quantitative estimate of drug-likeness (QED) is 0.0656. The topological polar surface area (TPSA) is 266 Å². The highest BCUT2D eigenvalue weighted by Crippen LogP contribution is 2.42. The van der Waals surface area contributed by atoms with Crippen molar-refractivity contribution in [1.29, 1.82) is 0 Å². The van der Waals surface area contributed by atoms with Crippen LogP contribution in [0.15, 0.2) is 154 Å². The third-order valence-corrected chi connectivity index (χ3v) is 17.6. The molecule has 0 saturated heterocycles. The van der Waals surface area contributed by atoms with Crippen molar-refractivity contribution in [1.82, 2.24) is 19.1 Å². The summed E-state index contributed by atoms with van der Waals surface area (Å²) in [7, 11) is -0.688. The third-order valence-electron chi connectivity index (χ3n) is 16.0. The second-order valence-corrected chi connectivity index (χ2v) is 26.8. The van der Waals surface area contributed by atoms with Crippen LogP contribution < -0.4 is 19.8 Å². The lowest BCUT2D eigenvalue weighted by molar-refractivity contribution is -0.148. The molecule has 3 aliphatic rings. The standard InChI is InChI=1S/C23H32N2O4.C18H17NO3.C16H14Cl2O4.C16H17N3O5S/c1-7-16-13-15(3)14-17(8-2)18(16)19-20(26)24-9-11-28-12-10-25(24)21(19)29-22(27)23(4,5)6;1-2-21-17(20)16-13-18(22-19-16,14-9-5-3-6-10-14)15-11-7-4-8-12-15;1-10(16(19)20-2)21-12-4-6-13(7-5-12)22-15-8-3-11(17)9-14(15)18;1-9-10(15(20)11-8-17-19(2)16(11)21)4-5-13(25(3,22)23)14(9)12-6-7-24-18-12/h13-14H,7-12H2,1-6H3;3-12H,2,13H2,1H3;3-10H,1-2H3;4-5,8,21H,6-7H2,1-3H3. The highest BCUT2D eigenvalue weighted by atomic mass is 35.5. The Kier molecular flexibility index (Phi) is 24.7. The first-order chi connectivity index (χ1) is 46.6. The van der Waals surface area contributed by atoms with Crippen LogP contribution in [0, 0.1) is 19.3 Å². The number of rotatable bonds is 17. The van der Waals surface area contributed by atoms with Crippen molar-refractivity contribution in [3.63, 3.8) is 0 Å². The molecule has 0 bridgehead atoms. The zero-order valence-corrected chi connectivity index (χ0v) is 59.1. The summed E-state index contributed by atoms with van der Waals surface area (Å²) in [5, 5.41) is 22.7. The molecule has 0 saturated carbocycles. The monoisotopic (exact) mass is 1400 g/mol. The van der Waals surface area contributed by atoms with Crippen LogP contribution in [0.2, 0.25) is 10.0 Å². The molecule has 2 aromatic heterocycles. The van der Waals surface area contributed by atoms with Crippen molar-refractivity contribution in [3.8, 4) is 40.1 Å². The van der Waals surface area contributed by atoms with Gasteiger partial charge in [-0.1, -0.05) is 126 Å². The van der Waals surface area contributed by atoms with E-state index < -0.39 is 44.7 Å². The number of aryl methyl sites for hydroxylation is 4. The minimum absolute atomic E-state index is 0.0493. The van der Waals surface area contributed by atoms with Gasteiger partial charge in [-0.25, -0.2) is 32.1 Å². The number of hydrogen-bond donors (Lipinski definition) is 1. The number of nitrogens with zero attached hydrogens (tertiary/aromatic N) is 6. The smallest absolute Gasteiger partial charge is 0.356 e. The average Bonchev–Trinajstić information content (AvgIpc) is 1.33. The molecule has 1 unspecified atom stereocenters. The predicted molar refractivity (Wildman–Crippen MR) is 372 cm³/mol. The van der Waals surface area contributed by atoms with Gasteiger partial charge in [0.25, 0.3) is 5.56 Å². The number of fused-ring (bicyclic) bond motifs is 1. The molecular formula is C73H80Cl2N6O16S. The summed E-state index contributed by atoms with van der Waals surface area (Å²) in [5.74, 6) is 0.0622. The van der Waals surface area contributed by atoms with E-state index in [4.69, 9.17) is 56.6 Å². The fourth-order valence-electron chi connectivity index (χ4n) is 11.0. The van der Waals surface area contributed by atoms with Crippen LogP contribution in [0.5, 0.6) is 29.0 Å². The molecule has 5 heterocycles. The van der Waals surface area contributed by atoms with Gasteiger partial charge in [0.1, 0.15) is 35.0 Å². The van der Waals surface area contributed by atoms with E-state index in [9.17, 15) is 37.5 Å². The Morgan fingerprint density at radius 2 is 1.38 bits per heavy atom. The Morgan fingerprint density at radius 1 is 0.765 bits per heavy atom. The van der Waals surface area contributed by atoms with Crippen molar-refractivity contribution in [2.75, 3.05) is 39.8 Å². The van der Waals surface area contributed by atoms with Gasteiger partial charge in [0.05, 0.1) is 73.7 Å². The maximum atomic E-state index is 13.5. The summed E-state index contributed by atoms with van der Waals surface area (Å²) in [4.78, 5) is 73.2. The van der Waals surface area contributed by atoms with E-state index >= 15 is 0 Å². The molecule has 1 atom stereocenters. The first-order valence-electron chi connectivity index (χ1n) is 31.7. The van der Waals surface area contributed by atoms with Crippen molar-refractivity contribution in [3.05, 3.63) is 204 Å². The lowest BCUT2D eigenvalue weighted by atomic mass is 9.82. The second-order valence-electron chi connectivity index (χ2n) is 24.0. The highest BCUT2D eigenvalue weighted by Gasteiger charge is 2.45. The molecule has 0 radical (unpaired) electrons. The average molecular weight is 1400 g/mol. The lowest BCUT2D eigenvalue weighted by Crippen LogP contribution is -2.29. The first-order valence-corrected chi connectivity index (χ1v) is 34.4. The minimum Gasteiger partial charge on any atom is -0.493 e. The number of methoxy groups -OCH3 is 1. The van der Waals surface area contributed by atoms with E-state index in [0.717, 1.165) is 46.9 Å². The zero-order chi connectivity index (χ0) is 71.2. The number of carbonyl (C=O) groups is 4. The fourth-order valence-corrected chi connectivity index (χ4v) is 12.4. The zero-order valence-electron chi connectivity index (χ0n) is 56.8. The molecule has 11 rings (SSSR count). The van der Waals surface area contributed by atoms with Crippen molar-refractivity contribution >= 4 is 68.2 Å². The predicted octanol–water partition coefficient (Wildman–Crippen LogP) is 12.9. The summed E-state index contributed by atoms with van der Waals surface area (Å²) in [6.07, 6.45) is 4.11. The van der Waals surface area contributed by atoms with E-state index in [-0.39, 0.29) is 33.4 Å². The van der Waals surface area contributed by atoms with Gasteiger partial charge in [-0.3, -0.25) is 14.4 Å². The van der Waals surface area contributed by atoms with Crippen LogP contribution in [0.25, 0.3) is 11.1 Å². The Bertz CT molecular complexity index is 4380. The Balaban J connectivity index is 0.000000168. The molecule has 0 aliphatic carbocycles. The Labute approximate surface area is 579 Å². The van der Waals surface area contributed by atoms with Crippen LogP contribution in [-0.4, -0.2) is 114 Å². The minimum atomic E-state index is -3.52. The fraction of sp³-hybridized carbons (Fsp3) is 0.342. The van der Waals surface area contributed by atoms with Gasteiger partial charge >= 0.3 is 17.9 Å². The van der Waals surface area contributed by atoms with E-state index in [2.05, 4.69) is 53.1 Å². The van der Waals surface area contributed by atoms with Gasteiger partial charge in [-0.2, -0.15) is 5.10 Å². The van der Waals surface area contributed by atoms with Crippen LogP contribution >= 0.6 is 23.2 Å². The van der Waals surface area contributed by atoms with E-state index in [0.29, 0.717) is 114 Å². The number of halogens is 2. The maximum Gasteiger partial charge on any atom is 0.356 e. The molecule has 0 fully saturated rings. The summed E-state index contributed by atoms with van der Waals surface area (Å²) < 4.78 is 61.1. The number of aromatic nitrogens is 4. The molecule has 6 aromatic carbocycles.